The fraction of sp³-hybridized carbons (Fsp3) is 0.259. The first kappa shape index (κ1) is 27.7. The summed E-state index contributed by atoms with van der Waals surface area (Å²) in [6.07, 6.45) is 3.65. The number of aliphatic hydroxyl groups excluding tert-OH is 1. The van der Waals surface area contributed by atoms with E-state index in [-0.39, 0.29) is 18.7 Å². The van der Waals surface area contributed by atoms with Gasteiger partial charge in [0.05, 0.1) is 11.6 Å². The van der Waals surface area contributed by atoms with Crippen molar-refractivity contribution in [2.45, 2.75) is 40.0 Å². The lowest BCUT2D eigenvalue weighted by atomic mass is 10.0. The summed E-state index contributed by atoms with van der Waals surface area (Å²) in [6, 6.07) is 18.4. The summed E-state index contributed by atoms with van der Waals surface area (Å²) in [4.78, 5) is 14.4. The van der Waals surface area contributed by atoms with E-state index in [1.165, 1.54) is 24.3 Å². The van der Waals surface area contributed by atoms with E-state index >= 15 is 0 Å². The number of nitrogens with one attached hydrogen (secondary N) is 1. The van der Waals surface area contributed by atoms with Crippen LogP contribution in [0.4, 0.5) is 8.78 Å². The van der Waals surface area contributed by atoms with Crippen LogP contribution in [0.15, 0.2) is 76.5 Å². The predicted octanol–water partition coefficient (Wildman–Crippen LogP) is 5.38. The summed E-state index contributed by atoms with van der Waals surface area (Å²) >= 11 is 1.10. The molecule has 3 rings (SSSR count). The van der Waals surface area contributed by atoms with Gasteiger partial charge in [0.15, 0.2) is 0 Å². The first-order valence-electron chi connectivity index (χ1n) is 11.1. The average Bonchev–Trinajstić information content (AvgIpc) is 2.84. The molecule has 5 nitrogen and oxygen atoms in total. The Morgan fingerprint density at radius 3 is 2.22 bits per heavy atom. The number of aliphatic hydroxyl groups is 2. The van der Waals surface area contributed by atoms with E-state index < -0.39 is 32.2 Å². The van der Waals surface area contributed by atoms with Crippen molar-refractivity contribution in [3.63, 3.8) is 0 Å². The van der Waals surface area contributed by atoms with Crippen molar-refractivity contribution in [2.24, 2.45) is 0 Å². The summed E-state index contributed by atoms with van der Waals surface area (Å²) < 4.78 is 26.7. The Hall–Kier alpha value is -2.90. The van der Waals surface area contributed by atoms with Crippen LogP contribution in [0, 0.1) is 29.9 Å². The van der Waals surface area contributed by atoms with Crippen molar-refractivity contribution >= 4 is 27.7 Å². The molecule has 0 saturated carbocycles. The Labute approximate surface area is 215 Å². The molecule has 0 aliphatic heterocycles. The summed E-state index contributed by atoms with van der Waals surface area (Å²) in [7, 11) is -2.22. The molecule has 3 aromatic carbocycles. The highest BCUT2D eigenvalue weighted by molar-refractivity contribution is 8.33. The fourth-order valence-electron chi connectivity index (χ4n) is 3.67. The molecular weight excluding hydrogens is 502 g/mol. The lowest BCUT2D eigenvalue weighted by Crippen LogP contribution is -2.49. The Bertz CT molecular complexity index is 1260. The zero-order valence-corrected chi connectivity index (χ0v) is 21.8. The molecule has 0 spiro atoms. The molecule has 2 unspecified atom stereocenters. The Morgan fingerprint density at radius 2 is 1.67 bits per heavy atom. The molecule has 36 heavy (non-hydrogen) atoms. The minimum atomic E-state index is -2.22. The number of benzene rings is 3. The quantitative estimate of drug-likeness (QED) is 0.255. The number of carbonyl (C=O) groups excluding carboxylic acids is 1. The van der Waals surface area contributed by atoms with E-state index in [0.717, 1.165) is 11.8 Å². The van der Waals surface area contributed by atoms with E-state index in [2.05, 4.69) is 11.4 Å². The van der Waals surface area contributed by atoms with Crippen LogP contribution in [0.1, 0.15) is 29.5 Å². The first-order valence-corrected chi connectivity index (χ1v) is 14.4. The van der Waals surface area contributed by atoms with Crippen molar-refractivity contribution in [2.75, 3.05) is 12.5 Å². The zero-order chi connectivity index (χ0) is 26.5. The maximum absolute atomic E-state index is 13.6. The van der Waals surface area contributed by atoms with Crippen LogP contribution < -0.4 is 5.32 Å². The molecule has 1 amide bonds. The van der Waals surface area contributed by atoms with Crippen molar-refractivity contribution in [1.82, 2.24) is 5.32 Å². The number of thioether (sulfide) groups is 1. The predicted molar refractivity (Wildman–Crippen MR) is 140 cm³/mol. The maximum Gasteiger partial charge on any atom is 0.223 e. The zero-order valence-electron chi connectivity index (χ0n) is 20.2. The molecule has 3 aromatic rings. The van der Waals surface area contributed by atoms with E-state index in [1.807, 2.05) is 12.5 Å². The largest absolute Gasteiger partial charge is 0.382 e. The van der Waals surface area contributed by atoms with Gasteiger partial charge in [-0.25, -0.2) is 8.78 Å². The maximum atomic E-state index is 13.6. The first-order chi connectivity index (χ1) is 17.0. The number of nitriles is 1. The molecule has 0 aliphatic rings. The second-order valence-electron chi connectivity index (χ2n) is 8.68. The number of nitrogens with zero attached hydrogens (tertiary/aromatic N) is 1. The van der Waals surface area contributed by atoms with E-state index in [9.17, 15) is 29.1 Å². The second kappa shape index (κ2) is 11.4. The summed E-state index contributed by atoms with van der Waals surface area (Å²) in [5, 5.41) is 32.6. The van der Waals surface area contributed by atoms with Gasteiger partial charge in [-0.2, -0.15) is 15.3 Å². The van der Waals surface area contributed by atoms with Gasteiger partial charge in [-0.05, 0) is 97.0 Å². The van der Waals surface area contributed by atoms with Gasteiger partial charge in [-0.1, -0.05) is 17.8 Å². The van der Waals surface area contributed by atoms with Gasteiger partial charge >= 0.3 is 0 Å². The highest BCUT2D eigenvalue weighted by Gasteiger charge is 2.44. The van der Waals surface area contributed by atoms with E-state index in [0.29, 0.717) is 26.5 Å². The number of hydrogen-bond donors (Lipinski definition) is 3. The lowest BCUT2D eigenvalue weighted by Gasteiger charge is -2.48. The fourth-order valence-corrected chi connectivity index (χ4v) is 6.76. The molecule has 3 N–H and O–H groups in total. The minimum absolute atomic E-state index is 0.0775. The number of halogens is 2. The van der Waals surface area contributed by atoms with E-state index in [4.69, 9.17) is 0 Å². The smallest absolute Gasteiger partial charge is 0.223 e. The third kappa shape index (κ3) is 6.26. The van der Waals surface area contributed by atoms with Gasteiger partial charge in [0.25, 0.3) is 0 Å². The average molecular weight is 531 g/mol. The number of amides is 1. The third-order valence-corrected chi connectivity index (χ3v) is 10.2. The Kier molecular flexibility index (Phi) is 8.80. The number of carbonyl (C=O) groups is 1. The van der Waals surface area contributed by atoms with Gasteiger partial charge in [0.1, 0.15) is 17.1 Å². The molecule has 0 saturated heterocycles. The van der Waals surface area contributed by atoms with Crippen LogP contribution in [-0.4, -0.2) is 34.1 Å². The van der Waals surface area contributed by atoms with Crippen molar-refractivity contribution in [3.8, 4) is 6.07 Å². The third-order valence-electron chi connectivity index (χ3n) is 5.89. The van der Waals surface area contributed by atoms with Crippen LogP contribution >= 0.6 is 21.8 Å². The molecule has 0 bridgehead atoms. The van der Waals surface area contributed by atoms with Crippen LogP contribution in [0.25, 0.3) is 0 Å². The highest BCUT2D eigenvalue weighted by atomic mass is 32.3. The molecule has 0 heterocycles. The van der Waals surface area contributed by atoms with Gasteiger partial charge in [-0.3, -0.25) is 4.79 Å². The lowest BCUT2D eigenvalue weighted by molar-refractivity contribution is -0.125. The molecule has 190 valence electrons. The van der Waals surface area contributed by atoms with Gasteiger partial charge in [0, 0.05) is 16.9 Å². The number of aryl methyl sites for hydroxylation is 1. The molecule has 0 aromatic heterocycles. The Morgan fingerprint density at radius 1 is 1.08 bits per heavy atom. The molecule has 2 atom stereocenters. The van der Waals surface area contributed by atoms with Gasteiger partial charge < -0.3 is 15.5 Å². The highest BCUT2D eigenvalue weighted by Crippen LogP contribution is 2.62. The van der Waals surface area contributed by atoms with Gasteiger partial charge in [-0.15, -0.1) is 0 Å². The molecule has 0 radical (unpaired) electrons. The van der Waals surface area contributed by atoms with Crippen LogP contribution in [0.3, 0.4) is 0 Å². The molecule has 0 aliphatic carbocycles. The van der Waals surface area contributed by atoms with E-state index in [1.54, 1.807) is 49.4 Å². The summed E-state index contributed by atoms with van der Waals surface area (Å²) in [5.41, 5.74) is 0.577. The van der Waals surface area contributed by atoms with Gasteiger partial charge in [0.2, 0.25) is 11.0 Å². The number of hydrogen-bond acceptors (Lipinski definition) is 5. The SMILES string of the molecule is Cc1cc(C(O)(NC(=O)CCC(O)Sc2ccc(F)cc2)S(C)(C)c2ccc(F)cc2)ccc1C#N. The van der Waals surface area contributed by atoms with Crippen molar-refractivity contribution < 1.29 is 23.8 Å². The molecule has 0 fully saturated rings. The normalized spacial score (nSPS) is 14.4. The van der Waals surface area contributed by atoms with Crippen molar-refractivity contribution in [1.29, 1.82) is 5.26 Å². The second-order valence-corrected chi connectivity index (χ2v) is 13.6. The topological polar surface area (TPSA) is 93.3 Å². The summed E-state index contributed by atoms with van der Waals surface area (Å²) in [5.74, 6) is -1.28. The monoisotopic (exact) mass is 530 g/mol. The standard InChI is InChI=1S/C27H28F2N2O3S2/c1-18-16-20(5-4-19(18)17-30)27(34,36(2,3)24-12-8-22(29)9-13-24)31-25(32)14-15-26(33)35-23-10-6-21(28)7-11-23/h4-13,16,26,33-34H,14-15H2,1-3H3,(H,31,32). The minimum Gasteiger partial charge on any atom is -0.382 e. The summed E-state index contributed by atoms with van der Waals surface area (Å²) in [6.45, 7) is 1.74. The van der Waals surface area contributed by atoms with Crippen LogP contribution in [0.5, 0.6) is 0 Å². The molecular formula is C27H28F2N2O3S2. The molecule has 9 heteroatoms. The van der Waals surface area contributed by atoms with Crippen molar-refractivity contribution in [3.05, 3.63) is 95.1 Å². The van der Waals surface area contributed by atoms with Crippen LogP contribution in [0.2, 0.25) is 0 Å². The number of rotatable bonds is 9. The van der Waals surface area contributed by atoms with Crippen LogP contribution in [-0.2, 0) is 9.85 Å². The Balaban J connectivity index is 1.84.